The van der Waals surface area contributed by atoms with Gasteiger partial charge >= 0.3 is 5.97 Å². The van der Waals surface area contributed by atoms with Crippen LogP contribution in [0.1, 0.15) is 10.4 Å². The van der Waals surface area contributed by atoms with Crippen molar-refractivity contribution in [3.63, 3.8) is 0 Å². The summed E-state index contributed by atoms with van der Waals surface area (Å²) in [7, 11) is 2.69. The summed E-state index contributed by atoms with van der Waals surface area (Å²) in [6, 6.07) is 8.48. The molecule has 0 spiro atoms. The summed E-state index contributed by atoms with van der Waals surface area (Å²) < 4.78 is 23.4. The molecule has 4 nitrogen and oxygen atoms in total. The van der Waals surface area contributed by atoms with Crippen LogP contribution < -0.4 is 4.74 Å². The van der Waals surface area contributed by atoms with Crippen LogP contribution in [0.3, 0.4) is 0 Å². The van der Waals surface area contributed by atoms with Crippen molar-refractivity contribution in [3.05, 3.63) is 47.8 Å². The van der Waals surface area contributed by atoms with Crippen molar-refractivity contribution in [2.24, 2.45) is 0 Å². The topological polar surface area (TPSA) is 55.8 Å². The Kier molecular flexibility index (Phi) is 3.89. The predicted molar refractivity (Wildman–Crippen MR) is 71.4 cm³/mol. The van der Waals surface area contributed by atoms with Crippen LogP contribution in [0.5, 0.6) is 11.5 Å². The number of methoxy groups -OCH3 is 2. The molecule has 20 heavy (non-hydrogen) atoms. The molecule has 0 radical (unpaired) electrons. The van der Waals surface area contributed by atoms with Gasteiger partial charge in [0.05, 0.1) is 19.8 Å². The lowest BCUT2D eigenvalue weighted by Crippen LogP contribution is -2.00. The zero-order valence-electron chi connectivity index (χ0n) is 11.0. The average molecular weight is 276 g/mol. The smallest absolute Gasteiger partial charge is 0.337 e. The number of ether oxygens (including phenoxy) is 2. The zero-order valence-corrected chi connectivity index (χ0v) is 11.0. The number of carbonyl (C=O) groups is 1. The van der Waals surface area contributed by atoms with E-state index < -0.39 is 11.8 Å². The molecule has 0 heterocycles. The number of benzene rings is 2. The minimum atomic E-state index is -0.568. The number of halogens is 1. The van der Waals surface area contributed by atoms with Gasteiger partial charge in [-0.2, -0.15) is 0 Å². The average Bonchev–Trinajstić information content (AvgIpc) is 2.46. The van der Waals surface area contributed by atoms with E-state index in [-0.39, 0.29) is 22.4 Å². The zero-order chi connectivity index (χ0) is 14.7. The first-order valence-corrected chi connectivity index (χ1v) is 5.82. The molecular formula is C15H13FO4. The first-order chi connectivity index (χ1) is 9.56. The summed E-state index contributed by atoms with van der Waals surface area (Å²) in [5, 5.41) is 9.93. The van der Waals surface area contributed by atoms with E-state index in [9.17, 15) is 14.3 Å². The number of esters is 1. The summed E-state index contributed by atoms with van der Waals surface area (Å²) in [6.45, 7) is 0. The van der Waals surface area contributed by atoms with Crippen LogP contribution in [-0.4, -0.2) is 25.3 Å². The molecule has 0 aliphatic carbocycles. The number of rotatable bonds is 3. The lowest BCUT2D eigenvalue weighted by atomic mass is 10.0. The van der Waals surface area contributed by atoms with E-state index in [1.807, 2.05) is 0 Å². The maximum Gasteiger partial charge on any atom is 0.337 e. The van der Waals surface area contributed by atoms with Gasteiger partial charge in [0, 0.05) is 17.2 Å². The van der Waals surface area contributed by atoms with Gasteiger partial charge in [-0.3, -0.25) is 0 Å². The molecule has 1 N–H and O–H groups in total. The van der Waals surface area contributed by atoms with Crippen molar-refractivity contribution in [1.29, 1.82) is 0 Å². The molecule has 0 atom stereocenters. The Labute approximate surface area is 115 Å². The Morgan fingerprint density at radius 1 is 1.10 bits per heavy atom. The van der Waals surface area contributed by atoms with Crippen LogP contribution in [0.15, 0.2) is 36.4 Å². The molecule has 2 aromatic carbocycles. The van der Waals surface area contributed by atoms with Gasteiger partial charge in [-0.05, 0) is 30.3 Å². The molecule has 0 aromatic heterocycles. The Morgan fingerprint density at radius 3 is 2.35 bits per heavy atom. The van der Waals surface area contributed by atoms with Gasteiger partial charge in [-0.1, -0.05) is 0 Å². The lowest BCUT2D eigenvalue weighted by molar-refractivity contribution is 0.0600. The van der Waals surface area contributed by atoms with Crippen LogP contribution in [0, 0.1) is 5.82 Å². The summed E-state index contributed by atoms with van der Waals surface area (Å²) in [5.74, 6) is -0.901. The monoisotopic (exact) mass is 276 g/mol. The fourth-order valence-corrected chi connectivity index (χ4v) is 1.85. The lowest BCUT2D eigenvalue weighted by Gasteiger charge is -2.09. The van der Waals surface area contributed by atoms with Crippen LogP contribution in [0.4, 0.5) is 4.39 Å². The Balaban J connectivity index is 2.46. The minimum Gasteiger partial charge on any atom is -0.507 e. The molecule has 0 aliphatic rings. The van der Waals surface area contributed by atoms with Gasteiger partial charge in [0.1, 0.15) is 17.3 Å². The third-order valence-electron chi connectivity index (χ3n) is 2.89. The number of hydrogen-bond donors (Lipinski definition) is 1. The highest BCUT2D eigenvalue weighted by molar-refractivity contribution is 5.91. The van der Waals surface area contributed by atoms with Gasteiger partial charge in [0.25, 0.3) is 0 Å². The molecule has 5 heteroatoms. The SMILES string of the molecule is COC(=O)c1ccc(-c2ccc(OC)cc2F)c(O)c1. The van der Waals surface area contributed by atoms with Crippen molar-refractivity contribution in [3.8, 4) is 22.6 Å². The first-order valence-electron chi connectivity index (χ1n) is 5.82. The summed E-state index contributed by atoms with van der Waals surface area (Å²) in [6.07, 6.45) is 0. The van der Waals surface area contributed by atoms with E-state index in [4.69, 9.17) is 4.74 Å². The highest BCUT2D eigenvalue weighted by Crippen LogP contribution is 2.33. The maximum absolute atomic E-state index is 13.9. The normalized spacial score (nSPS) is 10.2. The van der Waals surface area contributed by atoms with Gasteiger partial charge in [-0.25, -0.2) is 9.18 Å². The van der Waals surface area contributed by atoms with Crippen molar-refractivity contribution in [2.45, 2.75) is 0 Å². The second kappa shape index (κ2) is 5.61. The first kappa shape index (κ1) is 13.9. The summed E-state index contributed by atoms with van der Waals surface area (Å²) >= 11 is 0. The van der Waals surface area contributed by atoms with Gasteiger partial charge in [0.15, 0.2) is 0 Å². The fourth-order valence-electron chi connectivity index (χ4n) is 1.85. The third-order valence-corrected chi connectivity index (χ3v) is 2.89. The van der Waals surface area contributed by atoms with Crippen LogP contribution in [0.25, 0.3) is 11.1 Å². The number of aromatic hydroxyl groups is 1. The van der Waals surface area contributed by atoms with Crippen LogP contribution in [0.2, 0.25) is 0 Å². The van der Waals surface area contributed by atoms with Crippen molar-refractivity contribution < 1.29 is 23.8 Å². The van der Waals surface area contributed by atoms with Gasteiger partial charge in [0.2, 0.25) is 0 Å². The molecule has 0 saturated carbocycles. The standard InChI is InChI=1S/C15H13FO4/c1-19-10-4-6-11(13(16)8-10)12-5-3-9(7-14(12)17)15(18)20-2/h3-8,17H,1-2H3. The van der Waals surface area contributed by atoms with E-state index in [0.717, 1.165) is 0 Å². The molecule has 0 unspecified atom stereocenters. The number of phenols is 1. The minimum absolute atomic E-state index is 0.197. The summed E-state index contributed by atoms with van der Waals surface area (Å²) in [5.41, 5.74) is 0.709. The Hall–Kier alpha value is -2.56. The molecule has 2 aromatic rings. The number of carbonyl (C=O) groups excluding carboxylic acids is 1. The van der Waals surface area contributed by atoms with Gasteiger partial charge < -0.3 is 14.6 Å². The van der Waals surface area contributed by atoms with Crippen molar-refractivity contribution >= 4 is 5.97 Å². The Morgan fingerprint density at radius 2 is 1.80 bits per heavy atom. The van der Waals surface area contributed by atoms with Crippen molar-refractivity contribution in [1.82, 2.24) is 0 Å². The highest BCUT2D eigenvalue weighted by atomic mass is 19.1. The fraction of sp³-hybridized carbons (Fsp3) is 0.133. The Bertz CT molecular complexity index is 652. The van der Waals surface area contributed by atoms with E-state index >= 15 is 0 Å². The predicted octanol–water partition coefficient (Wildman–Crippen LogP) is 2.99. The van der Waals surface area contributed by atoms with E-state index in [0.29, 0.717) is 5.75 Å². The quantitative estimate of drug-likeness (QED) is 0.876. The van der Waals surface area contributed by atoms with E-state index in [1.165, 1.54) is 44.6 Å². The van der Waals surface area contributed by atoms with E-state index in [2.05, 4.69) is 4.74 Å². The number of hydrogen-bond acceptors (Lipinski definition) is 4. The molecular weight excluding hydrogens is 263 g/mol. The van der Waals surface area contributed by atoms with Crippen LogP contribution in [-0.2, 0) is 4.74 Å². The maximum atomic E-state index is 13.9. The largest absolute Gasteiger partial charge is 0.507 e. The van der Waals surface area contributed by atoms with Crippen molar-refractivity contribution in [2.75, 3.05) is 14.2 Å². The molecule has 0 saturated heterocycles. The van der Waals surface area contributed by atoms with Gasteiger partial charge in [-0.15, -0.1) is 0 Å². The number of phenolic OH excluding ortho intramolecular Hbond substituents is 1. The second-order valence-electron chi connectivity index (χ2n) is 4.07. The molecule has 104 valence electrons. The molecule has 2 rings (SSSR count). The molecule has 0 fully saturated rings. The third kappa shape index (κ3) is 2.56. The molecule has 0 amide bonds. The molecule has 0 bridgehead atoms. The van der Waals surface area contributed by atoms with E-state index in [1.54, 1.807) is 6.07 Å². The highest BCUT2D eigenvalue weighted by Gasteiger charge is 2.13. The molecule has 0 aliphatic heterocycles. The summed E-state index contributed by atoms with van der Waals surface area (Å²) in [4.78, 5) is 11.3. The van der Waals surface area contributed by atoms with Crippen LogP contribution >= 0.6 is 0 Å². The second-order valence-corrected chi connectivity index (χ2v) is 4.07.